The van der Waals surface area contributed by atoms with Crippen LogP contribution in [-0.2, 0) is 5.41 Å². The molecule has 2 heterocycles. The van der Waals surface area contributed by atoms with Crippen LogP contribution < -0.4 is 4.74 Å². The highest BCUT2D eigenvalue weighted by Crippen LogP contribution is 2.37. The number of hydrogen-bond donors (Lipinski definition) is 0. The zero-order valence-electron chi connectivity index (χ0n) is 11.5. The summed E-state index contributed by atoms with van der Waals surface area (Å²) in [6, 6.07) is 11.1. The van der Waals surface area contributed by atoms with E-state index in [0.717, 1.165) is 5.69 Å². The molecule has 0 fully saturated rings. The lowest BCUT2D eigenvalue weighted by Crippen LogP contribution is -2.42. The van der Waals surface area contributed by atoms with Gasteiger partial charge in [-0.1, -0.05) is 26.0 Å². The first-order chi connectivity index (χ1) is 9.60. The van der Waals surface area contributed by atoms with Crippen LogP contribution in [0.5, 0.6) is 5.75 Å². The number of nitrogens with zero attached hydrogens (tertiary/aromatic N) is 2. The van der Waals surface area contributed by atoms with Crippen LogP contribution in [0.1, 0.15) is 29.9 Å². The molecule has 0 aliphatic carbocycles. The topological polar surface area (TPSA) is 52.1 Å². The van der Waals surface area contributed by atoms with Crippen molar-refractivity contribution in [2.24, 2.45) is 5.92 Å². The summed E-state index contributed by atoms with van der Waals surface area (Å²) >= 11 is 0. The van der Waals surface area contributed by atoms with E-state index in [0.29, 0.717) is 17.9 Å². The third-order valence-corrected chi connectivity index (χ3v) is 3.98. The number of hydrogen-bond acceptors (Lipinski definition) is 4. The molecule has 1 aliphatic rings. The number of ether oxygens (including phenoxy) is 1. The fourth-order valence-corrected chi connectivity index (χ4v) is 2.59. The molecule has 0 radical (unpaired) electrons. The molecule has 0 N–H and O–H groups in total. The minimum atomic E-state index is -0.418. The van der Waals surface area contributed by atoms with Gasteiger partial charge in [-0.05, 0) is 24.3 Å². The molecule has 4 nitrogen and oxygen atoms in total. The third-order valence-electron chi connectivity index (χ3n) is 3.98. The highest BCUT2D eigenvalue weighted by molar-refractivity contribution is 6.02. The fraction of sp³-hybridized carbons (Fsp3) is 0.312. The number of aromatic nitrogens is 2. The maximum atomic E-state index is 12.7. The maximum absolute atomic E-state index is 12.7. The second-order valence-corrected chi connectivity index (χ2v) is 5.55. The fourth-order valence-electron chi connectivity index (χ4n) is 2.59. The molecule has 1 aromatic carbocycles. The Morgan fingerprint density at radius 2 is 2.00 bits per heavy atom. The molecular weight excluding hydrogens is 252 g/mol. The van der Waals surface area contributed by atoms with Crippen molar-refractivity contribution in [1.29, 1.82) is 0 Å². The van der Waals surface area contributed by atoms with Gasteiger partial charge >= 0.3 is 0 Å². The molecule has 0 saturated carbocycles. The highest BCUT2D eigenvalue weighted by Gasteiger charge is 2.42. The number of Topliss-reactive ketones (excluding diaryl/α,β-unsaturated/α-hetero) is 1. The van der Waals surface area contributed by atoms with E-state index in [2.05, 4.69) is 10.2 Å². The van der Waals surface area contributed by atoms with Crippen LogP contribution in [0.4, 0.5) is 0 Å². The van der Waals surface area contributed by atoms with Gasteiger partial charge in [0.25, 0.3) is 0 Å². The van der Waals surface area contributed by atoms with Crippen molar-refractivity contribution in [1.82, 2.24) is 10.2 Å². The van der Waals surface area contributed by atoms with Crippen LogP contribution >= 0.6 is 0 Å². The SMILES string of the molecule is CC(C)(c1cccnn1)C1COc2ccccc2C1=O. The van der Waals surface area contributed by atoms with Crippen molar-refractivity contribution in [2.45, 2.75) is 19.3 Å². The van der Waals surface area contributed by atoms with Gasteiger partial charge in [0.1, 0.15) is 5.75 Å². The zero-order chi connectivity index (χ0) is 14.2. The Labute approximate surface area is 117 Å². The van der Waals surface area contributed by atoms with Crippen LogP contribution in [0.2, 0.25) is 0 Å². The summed E-state index contributed by atoms with van der Waals surface area (Å²) in [6.07, 6.45) is 1.63. The summed E-state index contributed by atoms with van der Waals surface area (Å²) < 4.78 is 5.75. The molecule has 1 atom stereocenters. The van der Waals surface area contributed by atoms with Crippen molar-refractivity contribution >= 4 is 5.78 Å². The smallest absolute Gasteiger partial charge is 0.174 e. The lowest BCUT2D eigenvalue weighted by atomic mass is 9.72. The highest BCUT2D eigenvalue weighted by atomic mass is 16.5. The summed E-state index contributed by atoms with van der Waals surface area (Å²) in [5.74, 6) is 0.528. The van der Waals surface area contributed by atoms with Gasteiger partial charge in [0.05, 0.1) is 23.8 Å². The summed E-state index contributed by atoms with van der Waals surface area (Å²) in [7, 11) is 0. The number of benzene rings is 1. The number of ketones is 1. The first kappa shape index (κ1) is 12.8. The molecule has 102 valence electrons. The predicted octanol–water partition coefficient (Wildman–Crippen LogP) is 2.65. The molecule has 1 aromatic heterocycles. The summed E-state index contributed by atoms with van der Waals surface area (Å²) in [5, 5.41) is 8.07. The second kappa shape index (κ2) is 4.71. The zero-order valence-corrected chi connectivity index (χ0v) is 11.5. The summed E-state index contributed by atoms with van der Waals surface area (Å²) in [4.78, 5) is 12.7. The summed E-state index contributed by atoms with van der Waals surface area (Å²) in [5.41, 5.74) is 1.04. The number of rotatable bonds is 2. The molecule has 0 bridgehead atoms. The quantitative estimate of drug-likeness (QED) is 0.840. The molecule has 2 aromatic rings. The predicted molar refractivity (Wildman–Crippen MR) is 74.8 cm³/mol. The molecule has 0 amide bonds. The molecule has 0 spiro atoms. The van der Waals surface area contributed by atoms with E-state index < -0.39 is 5.41 Å². The monoisotopic (exact) mass is 268 g/mol. The first-order valence-electron chi connectivity index (χ1n) is 6.65. The van der Waals surface area contributed by atoms with E-state index in [1.807, 2.05) is 50.2 Å². The standard InChI is InChI=1S/C16H16N2O2/c1-16(2,14-8-5-9-17-18-14)12-10-20-13-7-4-3-6-11(13)15(12)19/h3-9,12H,10H2,1-2H3. The molecule has 0 saturated heterocycles. The lowest BCUT2D eigenvalue weighted by molar-refractivity contribution is 0.0732. The van der Waals surface area contributed by atoms with E-state index in [4.69, 9.17) is 4.74 Å². The second-order valence-electron chi connectivity index (χ2n) is 5.55. The van der Waals surface area contributed by atoms with Gasteiger partial charge in [0.2, 0.25) is 0 Å². The lowest BCUT2D eigenvalue weighted by Gasteiger charge is -2.35. The third kappa shape index (κ3) is 1.97. The molecule has 3 rings (SSSR count). The van der Waals surface area contributed by atoms with Crippen LogP contribution in [0.15, 0.2) is 42.6 Å². The molecular formula is C16H16N2O2. The Morgan fingerprint density at radius 1 is 1.20 bits per heavy atom. The van der Waals surface area contributed by atoms with Gasteiger partial charge in [-0.15, -0.1) is 0 Å². The number of carbonyl (C=O) groups excluding carboxylic acids is 1. The van der Waals surface area contributed by atoms with Crippen molar-refractivity contribution < 1.29 is 9.53 Å². The van der Waals surface area contributed by atoms with Gasteiger partial charge in [-0.25, -0.2) is 0 Å². The van der Waals surface area contributed by atoms with E-state index in [1.54, 1.807) is 6.20 Å². The van der Waals surface area contributed by atoms with Gasteiger partial charge in [-0.3, -0.25) is 4.79 Å². The Hall–Kier alpha value is -2.23. The Balaban J connectivity index is 1.98. The largest absolute Gasteiger partial charge is 0.492 e. The van der Waals surface area contributed by atoms with Crippen LogP contribution in [-0.4, -0.2) is 22.6 Å². The van der Waals surface area contributed by atoms with E-state index in [1.165, 1.54) is 0 Å². The number of para-hydroxylation sites is 1. The molecule has 1 aliphatic heterocycles. The minimum Gasteiger partial charge on any atom is -0.492 e. The van der Waals surface area contributed by atoms with Crippen molar-refractivity contribution in [3.63, 3.8) is 0 Å². The van der Waals surface area contributed by atoms with Gasteiger partial charge in [0, 0.05) is 11.6 Å². The van der Waals surface area contributed by atoms with Gasteiger partial charge in [-0.2, -0.15) is 10.2 Å². The van der Waals surface area contributed by atoms with Crippen LogP contribution in [0, 0.1) is 5.92 Å². The number of carbonyl (C=O) groups is 1. The normalized spacial score (nSPS) is 18.3. The van der Waals surface area contributed by atoms with E-state index >= 15 is 0 Å². The van der Waals surface area contributed by atoms with Crippen LogP contribution in [0.25, 0.3) is 0 Å². The Morgan fingerprint density at radius 3 is 2.75 bits per heavy atom. The molecule has 20 heavy (non-hydrogen) atoms. The van der Waals surface area contributed by atoms with Crippen molar-refractivity contribution in [3.05, 3.63) is 53.9 Å². The van der Waals surface area contributed by atoms with Gasteiger partial charge < -0.3 is 4.74 Å². The first-order valence-corrected chi connectivity index (χ1v) is 6.65. The van der Waals surface area contributed by atoms with Crippen LogP contribution in [0.3, 0.4) is 0 Å². The van der Waals surface area contributed by atoms with Gasteiger partial charge in [0.15, 0.2) is 5.78 Å². The average Bonchev–Trinajstić information content (AvgIpc) is 2.48. The van der Waals surface area contributed by atoms with E-state index in [9.17, 15) is 4.79 Å². The van der Waals surface area contributed by atoms with Crippen molar-refractivity contribution in [3.8, 4) is 5.75 Å². The molecule has 4 heteroatoms. The average molecular weight is 268 g/mol. The summed E-state index contributed by atoms with van der Waals surface area (Å²) in [6.45, 7) is 4.40. The van der Waals surface area contributed by atoms with E-state index in [-0.39, 0.29) is 11.7 Å². The van der Waals surface area contributed by atoms with Crippen molar-refractivity contribution in [2.75, 3.05) is 6.61 Å². The molecule has 1 unspecified atom stereocenters. The Bertz CT molecular complexity index is 638. The maximum Gasteiger partial charge on any atom is 0.174 e. The Kier molecular flexibility index (Phi) is 3.01. The minimum absolute atomic E-state index is 0.113. The number of fused-ring (bicyclic) bond motifs is 1.